The van der Waals surface area contributed by atoms with Crippen LogP contribution in [0.2, 0.25) is 0 Å². The standard InChI is InChI=1S/C17H25NO3/c1-13-5-3-6-16(11-13)21-10-4-9-18(15-7-8-15)12-14(2)17(19)20/h3,5-6,11,14-15H,4,7-10,12H2,1-2H3,(H,19,20). The minimum atomic E-state index is -0.711. The highest BCUT2D eigenvalue weighted by Gasteiger charge is 2.30. The van der Waals surface area contributed by atoms with Crippen molar-refractivity contribution in [3.8, 4) is 5.75 Å². The molecule has 0 amide bonds. The molecule has 4 nitrogen and oxygen atoms in total. The van der Waals surface area contributed by atoms with Crippen LogP contribution in [0.3, 0.4) is 0 Å². The van der Waals surface area contributed by atoms with Gasteiger partial charge in [-0.05, 0) is 43.9 Å². The molecule has 1 aromatic rings. The van der Waals surface area contributed by atoms with Crippen molar-refractivity contribution in [3.63, 3.8) is 0 Å². The van der Waals surface area contributed by atoms with Gasteiger partial charge in [-0.15, -0.1) is 0 Å². The lowest BCUT2D eigenvalue weighted by Crippen LogP contribution is -2.35. The number of benzene rings is 1. The maximum atomic E-state index is 11.0. The summed E-state index contributed by atoms with van der Waals surface area (Å²) >= 11 is 0. The van der Waals surface area contributed by atoms with E-state index in [1.165, 1.54) is 18.4 Å². The van der Waals surface area contributed by atoms with Crippen molar-refractivity contribution in [2.75, 3.05) is 19.7 Å². The SMILES string of the molecule is Cc1cccc(OCCCN(CC(C)C(=O)O)C2CC2)c1. The molecule has 116 valence electrons. The fourth-order valence-corrected chi connectivity index (χ4v) is 2.46. The van der Waals surface area contributed by atoms with Crippen molar-refractivity contribution in [2.24, 2.45) is 5.92 Å². The quantitative estimate of drug-likeness (QED) is 0.711. The Labute approximate surface area is 126 Å². The molecular formula is C17H25NO3. The minimum Gasteiger partial charge on any atom is -0.494 e. The maximum absolute atomic E-state index is 11.0. The first-order valence-corrected chi connectivity index (χ1v) is 7.72. The van der Waals surface area contributed by atoms with E-state index in [9.17, 15) is 4.79 Å². The number of carbonyl (C=O) groups is 1. The fraction of sp³-hybridized carbons (Fsp3) is 0.588. The normalized spacial score (nSPS) is 16.0. The van der Waals surface area contributed by atoms with Gasteiger partial charge in [-0.2, -0.15) is 0 Å². The van der Waals surface area contributed by atoms with Crippen molar-refractivity contribution in [2.45, 2.75) is 39.2 Å². The van der Waals surface area contributed by atoms with Gasteiger partial charge in [0.15, 0.2) is 0 Å². The van der Waals surface area contributed by atoms with Gasteiger partial charge in [0.2, 0.25) is 0 Å². The van der Waals surface area contributed by atoms with Crippen LogP contribution in [0.4, 0.5) is 0 Å². The largest absolute Gasteiger partial charge is 0.494 e. The van der Waals surface area contributed by atoms with E-state index < -0.39 is 5.97 Å². The summed E-state index contributed by atoms with van der Waals surface area (Å²) in [7, 11) is 0. The van der Waals surface area contributed by atoms with E-state index in [-0.39, 0.29) is 5.92 Å². The molecule has 0 radical (unpaired) electrons. The number of carboxylic acid groups (broad SMARTS) is 1. The summed E-state index contributed by atoms with van der Waals surface area (Å²) in [5.74, 6) is -0.105. The third-order valence-corrected chi connectivity index (χ3v) is 3.84. The Kier molecular flexibility index (Phi) is 5.62. The zero-order valence-corrected chi connectivity index (χ0v) is 12.9. The summed E-state index contributed by atoms with van der Waals surface area (Å²) < 4.78 is 5.75. The Bertz CT molecular complexity index is 471. The van der Waals surface area contributed by atoms with Crippen LogP contribution in [0, 0.1) is 12.8 Å². The van der Waals surface area contributed by atoms with Crippen molar-refractivity contribution in [1.82, 2.24) is 4.90 Å². The van der Waals surface area contributed by atoms with E-state index in [0.29, 0.717) is 19.2 Å². The highest BCUT2D eigenvalue weighted by molar-refractivity contribution is 5.69. The van der Waals surface area contributed by atoms with Gasteiger partial charge in [-0.3, -0.25) is 9.69 Å². The number of carboxylic acids is 1. The molecule has 1 N–H and O–H groups in total. The van der Waals surface area contributed by atoms with E-state index in [1.807, 2.05) is 18.2 Å². The van der Waals surface area contributed by atoms with Gasteiger partial charge in [-0.1, -0.05) is 19.1 Å². The topological polar surface area (TPSA) is 49.8 Å². The average Bonchev–Trinajstić information content (AvgIpc) is 3.26. The first kappa shape index (κ1) is 15.8. The molecule has 0 spiro atoms. The molecule has 1 fully saturated rings. The van der Waals surface area contributed by atoms with Crippen LogP contribution in [-0.2, 0) is 4.79 Å². The summed E-state index contributed by atoms with van der Waals surface area (Å²) in [5.41, 5.74) is 1.20. The number of hydrogen-bond donors (Lipinski definition) is 1. The molecule has 1 aliphatic rings. The van der Waals surface area contributed by atoms with Gasteiger partial charge < -0.3 is 9.84 Å². The summed E-state index contributed by atoms with van der Waals surface area (Å²) in [6, 6.07) is 8.64. The van der Waals surface area contributed by atoms with E-state index in [4.69, 9.17) is 9.84 Å². The van der Waals surface area contributed by atoms with Crippen molar-refractivity contribution in [1.29, 1.82) is 0 Å². The molecule has 1 aromatic carbocycles. The average molecular weight is 291 g/mol. The van der Waals surface area contributed by atoms with Crippen LogP contribution in [0.1, 0.15) is 31.7 Å². The molecule has 21 heavy (non-hydrogen) atoms. The first-order valence-electron chi connectivity index (χ1n) is 7.72. The van der Waals surface area contributed by atoms with Crippen molar-refractivity contribution >= 4 is 5.97 Å². The lowest BCUT2D eigenvalue weighted by molar-refractivity contribution is -0.141. The van der Waals surface area contributed by atoms with E-state index in [1.54, 1.807) is 6.92 Å². The van der Waals surface area contributed by atoms with Crippen LogP contribution in [0.5, 0.6) is 5.75 Å². The number of ether oxygens (including phenoxy) is 1. The number of hydrogen-bond acceptors (Lipinski definition) is 3. The molecule has 1 aliphatic carbocycles. The second kappa shape index (κ2) is 7.46. The van der Waals surface area contributed by atoms with Gasteiger partial charge in [0.25, 0.3) is 0 Å². The second-order valence-corrected chi connectivity index (χ2v) is 5.98. The van der Waals surface area contributed by atoms with Crippen LogP contribution in [0.15, 0.2) is 24.3 Å². The van der Waals surface area contributed by atoms with E-state index in [0.717, 1.165) is 18.7 Å². The van der Waals surface area contributed by atoms with Crippen LogP contribution < -0.4 is 4.74 Å². The van der Waals surface area contributed by atoms with Crippen molar-refractivity contribution < 1.29 is 14.6 Å². The summed E-state index contributed by atoms with van der Waals surface area (Å²) in [5, 5.41) is 9.03. The molecule has 0 aliphatic heterocycles. The number of rotatable bonds is 9. The first-order chi connectivity index (χ1) is 10.1. The monoisotopic (exact) mass is 291 g/mol. The molecule has 1 atom stereocenters. The number of nitrogens with zero attached hydrogens (tertiary/aromatic N) is 1. The molecule has 2 rings (SSSR count). The van der Waals surface area contributed by atoms with E-state index >= 15 is 0 Å². The highest BCUT2D eigenvalue weighted by Crippen LogP contribution is 2.27. The lowest BCUT2D eigenvalue weighted by Gasteiger charge is -2.23. The number of aliphatic carboxylic acids is 1. The Morgan fingerprint density at radius 2 is 2.24 bits per heavy atom. The van der Waals surface area contributed by atoms with E-state index in [2.05, 4.69) is 17.9 Å². The maximum Gasteiger partial charge on any atom is 0.307 e. The third-order valence-electron chi connectivity index (χ3n) is 3.84. The van der Waals surface area contributed by atoms with Gasteiger partial charge in [0.1, 0.15) is 5.75 Å². The van der Waals surface area contributed by atoms with Crippen LogP contribution in [-0.4, -0.2) is 41.7 Å². The van der Waals surface area contributed by atoms with Gasteiger partial charge in [-0.25, -0.2) is 0 Å². The second-order valence-electron chi connectivity index (χ2n) is 5.98. The molecule has 1 unspecified atom stereocenters. The minimum absolute atomic E-state index is 0.303. The smallest absolute Gasteiger partial charge is 0.307 e. The molecule has 4 heteroatoms. The van der Waals surface area contributed by atoms with Gasteiger partial charge in [0.05, 0.1) is 12.5 Å². The lowest BCUT2D eigenvalue weighted by atomic mass is 10.1. The summed E-state index contributed by atoms with van der Waals surface area (Å²) in [6.07, 6.45) is 3.33. The molecule has 0 saturated heterocycles. The zero-order valence-electron chi connectivity index (χ0n) is 12.9. The zero-order chi connectivity index (χ0) is 15.2. The Morgan fingerprint density at radius 3 is 2.86 bits per heavy atom. The predicted octanol–water partition coefficient (Wildman–Crippen LogP) is 2.95. The highest BCUT2D eigenvalue weighted by atomic mass is 16.5. The molecule has 0 heterocycles. The Morgan fingerprint density at radius 1 is 1.48 bits per heavy atom. The Balaban J connectivity index is 1.71. The molecule has 1 saturated carbocycles. The summed E-state index contributed by atoms with van der Waals surface area (Å²) in [4.78, 5) is 13.3. The predicted molar refractivity (Wildman–Crippen MR) is 82.7 cm³/mol. The van der Waals surface area contributed by atoms with Crippen molar-refractivity contribution in [3.05, 3.63) is 29.8 Å². The van der Waals surface area contributed by atoms with Gasteiger partial charge >= 0.3 is 5.97 Å². The molecule has 0 bridgehead atoms. The summed E-state index contributed by atoms with van der Waals surface area (Å²) in [6.45, 7) is 6.06. The molecule has 0 aromatic heterocycles. The van der Waals surface area contributed by atoms with Crippen LogP contribution >= 0.6 is 0 Å². The fourth-order valence-electron chi connectivity index (χ4n) is 2.46. The molecular weight excluding hydrogens is 266 g/mol. The third kappa shape index (κ3) is 5.38. The number of aryl methyl sites for hydroxylation is 1. The van der Waals surface area contributed by atoms with Crippen LogP contribution in [0.25, 0.3) is 0 Å². The van der Waals surface area contributed by atoms with Gasteiger partial charge in [0, 0.05) is 19.1 Å². The Hall–Kier alpha value is -1.55.